The number of aromatic nitrogens is 1. The highest BCUT2D eigenvalue weighted by Gasteiger charge is 2.18. The van der Waals surface area contributed by atoms with Gasteiger partial charge in [0.15, 0.2) is 0 Å². The molecule has 0 bridgehead atoms. The predicted molar refractivity (Wildman–Crippen MR) is 116 cm³/mol. The maximum absolute atomic E-state index is 12.3. The van der Waals surface area contributed by atoms with Crippen LogP contribution in [0.3, 0.4) is 0 Å². The minimum atomic E-state index is -0.0122. The van der Waals surface area contributed by atoms with Crippen molar-refractivity contribution >= 4 is 17.8 Å². The van der Waals surface area contributed by atoms with E-state index in [1.807, 2.05) is 12.1 Å². The second kappa shape index (κ2) is 10.6. The van der Waals surface area contributed by atoms with Gasteiger partial charge in [-0.05, 0) is 24.1 Å². The van der Waals surface area contributed by atoms with E-state index in [2.05, 4.69) is 63.4 Å². The summed E-state index contributed by atoms with van der Waals surface area (Å²) in [6.45, 7) is 7.63. The Morgan fingerprint density at radius 1 is 1.14 bits per heavy atom. The Balaban J connectivity index is 1.48. The van der Waals surface area contributed by atoms with Crippen molar-refractivity contribution in [2.75, 3.05) is 44.2 Å². The number of hydrogen-bond acceptors (Lipinski definition) is 4. The predicted octanol–water partition coefficient (Wildman–Crippen LogP) is 3.45. The Morgan fingerprint density at radius 3 is 2.68 bits per heavy atom. The summed E-state index contributed by atoms with van der Waals surface area (Å²) in [5.74, 6) is 0.879. The molecule has 2 heterocycles. The summed E-state index contributed by atoms with van der Waals surface area (Å²) >= 11 is 0. The molecule has 0 saturated carbocycles. The number of carbonyl (C=O) groups is 1. The van der Waals surface area contributed by atoms with Gasteiger partial charge in [-0.25, -0.2) is 4.98 Å². The highest BCUT2D eigenvalue weighted by molar-refractivity contribution is 5.94. The van der Waals surface area contributed by atoms with Gasteiger partial charge in [-0.3, -0.25) is 9.69 Å². The van der Waals surface area contributed by atoms with E-state index in [-0.39, 0.29) is 5.91 Å². The van der Waals surface area contributed by atoms with Crippen LogP contribution in [0.15, 0.2) is 54.7 Å². The lowest BCUT2D eigenvalue weighted by molar-refractivity contribution is 0.0953. The number of hydrogen-bond donors (Lipinski definition) is 1. The molecule has 0 atom stereocenters. The maximum atomic E-state index is 12.3. The van der Waals surface area contributed by atoms with Crippen molar-refractivity contribution in [3.63, 3.8) is 0 Å². The molecular formula is C23H30N4O. The van der Waals surface area contributed by atoms with E-state index in [9.17, 15) is 4.79 Å². The zero-order valence-corrected chi connectivity index (χ0v) is 16.7. The molecule has 0 radical (unpaired) electrons. The van der Waals surface area contributed by atoms with Gasteiger partial charge >= 0.3 is 0 Å². The second-order valence-corrected chi connectivity index (χ2v) is 7.11. The molecule has 1 N–H and O–H groups in total. The second-order valence-electron chi connectivity index (χ2n) is 7.11. The van der Waals surface area contributed by atoms with Crippen molar-refractivity contribution in [2.45, 2.75) is 19.8 Å². The summed E-state index contributed by atoms with van der Waals surface area (Å²) in [7, 11) is 0. The first-order chi connectivity index (χ1) is 13.8. The molecule has 3 rings (SSSR count). The van der Waals surface area contributed by atoms with Crippen LogP contribution >= 0.6 is 0 Å². The van der Waals surface area contributed by atoms with Gasteiger partial charge in [-0.2, -0.15) is 0 Å². The monoisotopic (exact) mass is 378 g/mol. The first kappa shape index (κ1) is 20.1. The largest absolute Gasteiger partial charge is 0.354 e. The standard InChI is InChI=1S/C23H30N4O/c1-2-3-12-25-23(28)21-11-13-24-22(19-21)27-17-15-26(16-18-27)14-7-10-20-8-5-4-6-9-20/h4-11,13,19H,2-3,12,14-18H2,1H3,(H,25,28)/b10-7+. The van der Waals surface area contributed by atoms with Gasteiger partial charge in [-0.1, -0.05) is 55.8 Å². The molecule has 148 valence electrons. The summed E-state index contributed by atoms with van der Waals surface area (Å²) in [5, 5.41) is 2.97. The van der Waals surface area contributed by atoms with E-state index >= 15 is 0 Å². The van der Waals surface area contributed by atoms with Crippen LogP contribution in [0.4, 0.5) is 5.82 Å². The normalized spacial score (nSPS) is 15.1. The van der Waals surface area contributed by atoms with Crippen LogP contribution in [0.5, 0.6) is 0 Å². The number of nitrogens with zero attached hydrogens (tertiary/aromatic N) is 3. The molecule has 28 heavy (non-hydrogen) atoms. The minimum Gasteiger partial charge on any atom is -0.354 e. The van der Waals surface area contributed by atoms with Crippen LogP contribution in [0.25, 0.3) is 6.08 Å². The molecule has 1 aliphatic rings. The number of piperazine rings is 1. The third kappa shape index (κ3) is 5.92. The third-order valence-electron chi connectivity index (χ3n) is 4.99. The number of nitrogens with one attached hydrogen (secondary N) is 1. The lowest BCUT2D eigenvalue weighted by Gasteiger charge is -2.35. The third-order valence-corrected chi connectivity index (χ3v) is 4.99. The van der Waals surface area contributed by atoms with Crippen molar-refractivity contribution in [3.8, 4) is 0 Å². The first-order valence-electron chi connectivity index (χ1n) is 10.2. The van der Waals surface area contributed by atoms with Gasteiger partial charge in [0.1, 0.15) is 5.82 Å². The van der Waals surface area contributed by atoms with Crippen molar-refractivity contribution < 1.29 is 4.79 Å². The van der Waals surface area contributed by atoms with Crippen LogP contribution in [0, 0.1) is 0 Å². The Labute approximate surface area is 168 Å². The molecule has 1 aromatic carbocycles. The number of rotatable bonds is 8. The Hall–Kier alpha value is -2.66. The molecule has 5 heteroatoms. The number of carbonyl (C=O) groups excluding carboxylic acids is 1. The minimum absolute atomic E-state index is 0.0122. The molecule has 1 saturated heterocycles. The fourth-order valence-corrected chi connectivity index (χ4v) is 3.27. The smallest absolute Gasteiger partial charge is 0.251 e. The van der Waals surface area contributed by atoms with Gasteiger partial charge in [0, 0.05) is 51.0 Å². The van der Waals surface area contributed by atoms with Gasteiger partial charge in [0.25, 0.3) is 5.91 Å². The average Bonchev–Trinajstić information content (AvgIpc) is 2.75. The summed E-state index contributed by atoms with van der Waals surface area (Å²) < 4.78 is 0. The van der Waals surface area contributed by atoms with E-state index in [4.69, 9.17) is 0 Å². The van der Waals surface area contributed by atoms with Crippen LogP contribution < -0.4 is 10.2 Å². The molecular weight excluding hydrogens is 348 g/mol. The van der Waals surface area contributed by atoms with E-state index in [1.165, 1.54) is 5.56 Å². The first-order valence-corrected chi connectivity index (χ1v) is 10.2. The van der Waals surface area contributed by atoms with Crippen molar-refractivity contribution in [1.82, 2.24) is 15.2 Å². The Morgan fingerprint density at radius 2 is 1.93 bits per heavy atom. The summed E-state index contributed by atoms with van der Waals surface area (Å²) in [5.41, 5.74) is 1.92. The van der Waals surface area contributed by atoms with E-state index < -0.39 is 0 Å². The fraction of sp³-hybridized carbons (Fsp3) is 0.391. The van der Waals surface area contributed by atoms with Crippen molar-refractivity contribution in [2.24, 2.45) is 0 Å². The molecule has 0 unspecified atom stereocenters. The highest BCUT2D eigenvalue weighted by atomic mass is 16.1. The van der Waals surface area contributed by atoms with Crippen LogP contribution in [-0.4, -0.2) is 55.1 Å². The summed E-state index contributed by atoms with van der Waals surface area (Å²) in [6.07, 6.45) is 8.22. The SMILES string of the molecule is CCCCNC(=O)c1ccnc(N2CCN(C/C=C/c3ccccc3)CC2)c1. The summed E-state index contributed by atoms with van der Waals surface area (Å²) in [6, 6.07) is 14.1. The lowest BCUT2D eigenvalue weighted by atomic mass is 10.2. The molecule has 1 aliphatic heterocycles. The fourth-order valence-electron chi connectivity index (χ4n) is 3.27. The van der Waals surface area contributed by atoms with Gasteiger partial charge in [0.2, 0.25) is 0 Å². The molecule has 5 nitrogen and oxygen atoms in total. The van der Waals surface area contributed by atoms with E-state index in [0.717, 1.165) is 57.9 Å². The van der Waals surface area contributed by atoms with Crippen LogP contribution in [-0.2, 0) is 0 Å². The van der Waals surface area contributed by atoms with Crippen LogP contribution in [0.2, 0.25) is 0 Å². The quantitative estimate of drug-likeness (QED) is 0.715. The number of pyridine rings is 1. The van der Waals surface area contributed by atoms with Crippen molar-refractivity contribution in [3.05, 3.63) is 65.9 Å². The Kier molecular flexibility index (Phi) is 7.62. The van der Waals surface area contributed by atoms with Crippen LogP contribution in [0.1, 0.15) is 35.7 Å². The molecule has 1 fully saturated rings. The summed E-state index contributed by atoms with van der Waals surface area (Å²) in [4.78, 5) is 21.5. The van der Waals surface area contributed by atoms with Crippen molar-refractivity contribution in [1.29, 1.82) is 0 Å². The van der Waals surface area contributed by atoms with Gasteiger partial charge in [-0.15, -0.1) is 0 Å². The van der Waals surface area contributed by atoms with E-state index in [0.29, 0.717) is 5.56 Å². The maximum Gasteiger partial charge on any atom is 0.251 e. The highest BCUT2D eigenvalue weighted by Crippen LogP contribution is 2.15. The number of anilines is 1. The van der Waals surface area contributed by atoms with Gasteiger partial charge in [0.05, 0.1) is 0 Å². The molecule has 0 aliphatic carbocycles. The molecule has 2 aromatic rings. The zero-order chi connectivity index (χ0) is 19.6. The van der Waals surface area contributed by atoms with Gasteiger partial charge < -0.3 is 10.2 Å². The topological polar surface area (TPSA) is 48.5 Å². The molecule has 1 amide bonds. The molecule has 0 spiro atoms. The molecule has 1 aromatic heterocycles. The number of amides is 1. The Bertz CT molecular complexity index is 767. The number of benzene rings is 1. The lowest BCUT2D eigenvalue weighted by Crippen LogP contribution is -2.46. The number of unbranched alkanes of at least 4 members (excludes halogenated alkanes) is 1. The zero-order valence-electron chi connectivity index (χ0n) is 16.7. The average molecular weight is 379 g/mol. The van der Waals surface area contributed by atoms with E-state index in [1.54, 1.807) is 12.3 Å².